The molecule has 0 saturated carbocycles. The third-order valence-electron chi connectivity index (χ3n) is 4.59. The normalized spacial score (nSPS) is 11.0. The maximum absolute atomic E-state index is 12.4. The maximum atomic E-state index is 12.4. The van der Waals surface area contributed by atoms with Crippen molar-refractivity contribution in [2.45, 2.75) is 32.3 Å². The number of aryl methyl sites for hydroxylation is 4. The second kappa shape index (κ2) is 8.00. The Kier molecular flexibility index (Phi) is 5.70. The zero-order chi connectivity index (χ0) is 19.6. The first-order chi connectivity index (χ1) is 12.8. The van der Waals surface area contributed by atoms with Crippen LogP contribution in [0.1, 0.15) is 28.2 Å². The lowest BCUT2D eigenvalue weighted by Crippen LogP contribution is -2.16. The van der Waals surface area contributed by atoms with E-state index >= 15 is 0 Å². The molecule has 142 valence electrons. The molecule has 3 aromatic rings. The summed E-state index contributed by atoms with van der Waals surface area (Å²) in [5.41, 5.74) is 5.42. The lowest BCUT2D eigenvalue weighted by atomic mass is 10.1. The van der Waals surface area contributed by atoms with Gasteiger partial charge in [0.15, 0.2) is 5.16 Å². The zero-order valence-corrected chi connectivity index (χ0v) is 17.2. The molecule has 0 fully saturated rings. The third-order valence-corrected chi connectivity index (χ3v) is 5.61. The van der Waals surface area contributed by atoms with Gasteiger partial charge in [0.25, 0.3) is 0 Å². The number of benzene rings is 1. The van der Waals surface area contributed by atoms with Crippen molar-refractivity contribution < 1.29 is 4.79 Å². The molecule has 0 unspecified atom stereocenters. The Morgan fingerprint density at radius 3 is 2.48 bits per heavy atom. The summed E-state index contributed by atoms with van der Waals surface area (Å²) in [5, 5.41) is 12.3. The number of carbonyl (C=O) groups excluding carboxylic acids is 1. The van der Waals surface area contributed by atoms with Gasteiger partial charge < -0.3 is 14.5 Å². The fourth-order valence-corrected chi connectivity index (χ4v) is 3.88. The summed E-state index contributed by atoms with van der Waals surface area (Å²) in [5.74, 6) is 1.13. The van der Waals surface area contributed by atoms with Crippen molar-refractivity contribution >= 4 is 23.4 Å². The topological polar surface area (TPSA) is 64.7 Å². The van der Waals surface area contributed by atoms with Crippen LogP contribution in [0.15, 0.2) is 35.6 Å². The molecule has 2 aromatic heterocycles. The summed E-state index contributed by atoms with van der Waals surface area (Å²) in [4.78, 5) is 12.4. The summed E-state index contributed by atoms with van der Waals surface area (Å²) >= 11 is 1.40. The van der Waals surface area contributed by atoms with E-state index in [0.29, 0.717) is 12.2 Å². The SMILES string of the molecule is Cc1cc(C)c(NC(=O)CSc2nnc(Cc3cccn3C)n2C)c(C)c1. The largest absolute Gasteiger partial charge is 0.354 e. The molecule has 3 rings (SSSR count). The predicted molar refractivity (Wildman–Crippen MR) is 109 cm³/mol. The summed E-state index contributed by atoms with van der Waals surface area (Å²) in [7, 11) is 3.95. The fraction of sp³-hybridized carbons (Fsp3) is 0.350. The predicted octanol–water partition coefficient (Wildman–Crippen LogP) is 3.40. The minimum Gasteiger partial charge on any atom is -0.354 e. The fourth-order valence-electron chi connectivity index (χ4n) is 3.15. The van der Waals surface area contributed by atoms with Crippen LogP contribution >= 0.6 is 11.8 Å². The lowest BCUT2D eigenvalue weighted by Gasteiger charge is -2.12. The highest BCUT2D eigenvalue weighted by Crippen LogP contribution is 2.23. The average molecular weight is 384 g/mol. The molecule has 0 aliphatic heterocycles. The number of hydrogen-bond donors (Lipinski definition) is 1. The minimum atomic E-state index is -0.0398. The second-order valence-electron chi connectivity index (χ2n) is 6.86. The van der Waals surface area contributed by atoms with E-state index < -0.39 is 0 Å². The van der Waals surface area contributed by atoms with Gasteiger partial charge in [-0.1, -0.05) is 29.5 Å². The molecule has 7 heteroatoms. The summed E-state index contributed by atoms with van der Waals surface area (Å²) in [6.45, 7) is 6.09. The van der Waals surface area contributed by atoms with Gasteiger partial charge in [0.05, 0.1) is 5.75 Å². The molecule has 1 N–H and O–H groups in total. The summed E-state index contributed by atoms with van der Waals surface area (Å²) in [6.07, 6.45) is 2.72. The Balaban J connectivity index is 1.62. The summed E-state index contributed by atoms with van der Waals surface area (Å²) in [6, 6.07) is 8.24. The van der Waals surface area contributed by atoms with E-state index in [9.17, 15) is 4.79 Å². The number of rotatable bonds is 6. The van der Waals surface area contributed by atoms with Crippen molar-refractivity contribution in [3.05, 3.63) is 58.7 Å². The van der Waals surface area contributed by atoms with Crippen LogP contribution < -0.4 is 5.32 Å². The molecule has 6 nitrogen and oxygen atoms in total. The number of nitrogens with zero attached hydrogens (tertiary/aromatic N) is 4. The van der Waals surface area contributed by atoms with E-state index in [1.807, 2.05) is 44.8 Å². The van der Waals surface area contributed by atoms with Crippen LogP contribution in [-0.4, -0.2) is 31.0 Å². The number of hydrogen-bond acceptors (Lipinski definition) is 4. The highest BCUT2D eigenvalue weighted by atomic mass is 32.2. The minimum absolute atomic E-state index is 0.0398. The first kappa shape index (κ1) is 19.2. The van der Waals surface area contributed by atoms with Gasteiger partial charge in [0, 0.05) is 38.1 Å². The van der Waals surface area contributed by atoms with E-state index in [-0.39, 0.29) is 5.91 Å². The average Bonchev–Trinajstić information content (AvgIpc) is 3.16. The van der Waals surface area contributed by atoms with Gasteiger partial charge in [0.1, 0.15) is 5.82 Å². The molecule has 0 radical (unpaired) electrons. The molecular formula is C20H25N5OS. The van der Waals surface area contributed by atoms with Crippen LogP contribution in [0, 0.1) is 20.8 Å². The Morgan fingerprint density at radius 1 is 1.15 bits per heavy atom. The lowest BCUT2D eigenvalue weighted by molar-refractivity contribution is -0.113. The smallest absolute Gasteiger partial charge is 0.234 e. The van der Waals surface area contributed by atoms with Crippen molar-refractivity contribution in [1.29, 1.82) is 0 Å². The quantitative estimate of drug-likeness (QED) is 0.663. The van der Waals surface area contributed by atoms with E-state index in [0.717, 1.165) is 27.8 Å². The van der Waals surface area contributed by atoms with Crippen LogP contribution in [0.5, 0.6) is 0 Å². The van der Waals surface area contributed by atoms with Crippen LogP contribution in [0.3, 0.4) is 0 Å². The maximum Gasteiger partial charge on any atom is 0.234 e. The van der Waals surface area contributed by atoms with E-state index in [4.69, 9.17) is 0 Å². The second-order valence-corrected chi connectivity index (χ2v) is 7.80. The molecule has 0 aliphatic rings. The van der Waals surface area contributed by atoms with Crippen LogP contribution in [0.4, 0.5) is 5.69 Å². The van der Waals surface area contributed by atoms with E-state index in [2.05, 4.69) is 45.2 Å². The van der Waals surface area contributed by atoms with Gasteiger partial charge in [-0.3, -0.25) is 4.79 Å². The highest BCUT2D eigenvalue weighted by molar-refractivity contribution is 7.99. The zero-order valence-electron chi connectivity index (χ0n) is 16.4. The number of aromatic nitrogens is 4. The number of nitrogens with one attached hydrogen (secondary N) is 1. The van der Waals surface area contributed by atoms with Crippen LogP contribution in [0.25, 0.3) is 0 Å². The molecule has 0 saturated heterocycles. The molecule has 2 heterocycles. The van der Waals surface area contributed by atoms with Crippen LogP contribution in [0.2, 0.25) is 0 Å². The molecule has 1 amide bonds. The van der Waals surface area contributed by atoms with Crippen LogP contribution in [-0.2, 0) is 25.3 Å². The molecule has 0 aliphatic carbocycles. The molecule has 1 aromatic carbocycles. The van der Waals surface area contributed by atoms with Crippen molar-refractivity contribution in [2.75, 3.05) is 11.1 Å². The number of anilines is 1. The van der Waals surface area contributed by atoms with Gasteiger partial charge in [-0.15, -0.1) is 10.2 Å². The van der Waals surface area contributed by atoms with Crippen molar-refractivity contribution in [1.82, 2.24) is 19.3 Å². The molecule has 27 heavy (non-hydrogen) atoms. The van der Waals surface area contributed by atoms with Gasteiger partial charge in [0.2, 0.25) is 5.91 Å². The van der Waals surface area contributed by atoms with Crippen molar-refractivity contribution in [2.24, 2.45) is 14.1 Å². The van der Waals surface area contributed by atoms with Crippen molar-refractivity contribution in [3.63, 3.8) is 0 Å². The molecule has 0 spiro atoms. The van der Waals surface area contributed by atoms with Crippen molar-refractivity contribution in [3.8, 4) is 0 Å². The summed E-state index contributed by atoms with van der Waals surface area (Å²) < 4.78 is 4.02. The first-order valence-electron chi connectivity index (χ1n) is 8.84. The van der Waals surface area contributed by atoms with E-state index in [1.165, 1.54) is 23.0 Å². The van der Waals surface area contributed by atoms with Gasteiger partial charge in [-0.2, -0.15) is 0 Å². The monoisotopic (exact) mass is 383 g/mol. The molecular weight excluding hydrogens is 358 g/mol. The Morgan fingerprint density at radius 2 is 1.85 bits per heavy atom. The van der Waals surface area contributed by atoms with E-state index in [1.54, 1.807) is 0 Å². The Labute approximate surface area is 164 Å². The van der Waals surface area contributed by atoms with Gasteiger partial charge >= 0.3 is 0 Å². The van der Waals surface area contributed by atoms with Gasteiger partial charge in [-0.05, 0) is 44.0 Å². The Bertz CT molecular complexity index is 950. The first-order valence-corrected chi connectivity index (χ1v) is 9.82. The number of carbonyl (C=O) groups is 1. The molecule has 0 bridgehead atoms. The standard InChI is InChI=1S/C20H25N5OS/c1-13-9-14(2)19(15(3)10-13)21-18(26)12-27-20-23-22-17(25(20)5)11-16-7-6-8-24(16)4/h6-10H,11-12H2,1-5H3,(H,21,26). The third kappa shape index (κ3) is 4.42. The number of amides is 1. The highest BCUT2D eigenvalue weighted by Gasteiger charge is 2.14. The number of thioether (sulfide) groups is 1. The van der Waals surface area contributed by atoms with Gasteiger partial charge in [-0.25, -0.2) is 0 Å². The molecule has 0 atom stereocenters. The Hall–Kier alpha value is -2.54.